The summed E-state index contributed by atoms with van der Waals surface area (Å²) in [6.07, 6.45) is 1.48. The highest BCUT2D eigenvalue weighted by Crippen LogP contribution is 2.23. The molecular weight excluding hydrogens is 267 g/mol. The van der Waals surface area contributed by atoms with Crippen molar-refractivity contribution in [2.75, 3.05) is 5.32 Å². The van der Waals surface area contributed by atoms with Crippen LogP contribution in [0.5, 0.6) is 0 Å². The second-order valence-electron chi connectivity index (χ2n) is 4.20. The van der Waals surface area contributed by atoms with Gasteiger partial charge in [-0.3, -0.25) is 0 Å². The van der Waals surface area contributed by atoms with Crippen LogP contribution in [0.25, 0.3) is 5.65 Å². The first-order chi connectivity index (χ1) is 9.13. The predicted octanol–water partition coefficient (Wildman–Crippen LogP) is 3.57. The topological polar surface area (TPSA) is 42.2 Å². The minimum absolute atomic E-state index is 0.0764. The molecule has 0 saturated carbocycles. The molecule has 0 radical (unpaired) electrons. The number of aromatic nitrogens is 3. The molecule has 2 aromatic heterocycles. The summed E-state index contributed by atoms with van der Waals surface area (Å²) in [4.78, 5) is 4.14. The zero-order chi connectivity index (χ0) is 13.4. The largest absolute Gasteiger partial charge is 0.340 e. The molecule has 0 aliphatic rings. The van der Waals surface area contributed by atoms with Crippen LogP contribution < -0.4 is 5.32 Å². The fourth-order valence-electron chi connectivity index (χ4n) is 1.87. The Labute approximate surface area is 113 Å². The lowest BCUT2D eigenvalue weighted by molar-refractivity contribution is 0.628. The number of hydrogen-bond donors (Lipinski definition) is 1. The van der Waals surface area contributed by atoms with Crippen molar-refractivity contribution >= 4 is 28.8 Å². The molecule has 3 rings (SSSR count). The molecule has 3 aromatic rings. The van der Waals surface area contributed by atoms with Crippen LogP contribution in [-0.4, -0.2) is 14.6 Å². The molecular formula is C13H10ClFN4. The van der Waals surface area contributed by atoms with Gasteiger partial charge in [0.25, 0.3) is 0 Å². The van der Waals surface area contributed by atoms with Crippen molar-refractivity contribution in [1.29, 1.82) is 0 Å². The van der Waals surface area contributed by atoms with Crippen LogP contribution in [-0.2, 0) is 0 Å². The van der Waals surface area contributed by atoms with E-state index in [9.17, 15) is 4.39 Å². The molecule has 96 valence electrons. The maximum atomic E-state index is 13.1. The van der Waals surface area contributed by atoms with Crippen molar-refractivity contribution in [3.05, 3.63) is 53.1 Å². The lowest BCUT2D eigenvalue weighted by atomic mass is 10.2. The number of pyridine rings is 1. The van der Waals surface area contributed by atoms with Crippen LogP contribution in [0, 0.1) is 12.7 Å². The van der Waals surface area contributed by atoms with Crippen molar-refractivity contribution in [3.8, 4) is 0 Å². The lowest BCUT2D eigenvalue weighted by Crippen LogP contribution is -2.00. The summed E-state index contributed by atoms with van der Waals surface area (Å²) in [5.74, 6) is 0.303. The number of benzene rings is 1. The summed E-state index contributed by atoms with van der Waals surface area (Å²) in [7, 11) is 0. The minimum Gasteiger partial charge on any atom is -0.340 e. The predicted molar refractivity (Wildman–Crippen MR) is 72.4 cm³/mol. The fraction of sp³-hybridized carbons (Fsp3) is 0.0769. The van der Waals surface area contributed by atoms with E-state index in [0.717, 1.165) is 17.0 Å². The van der Waals surface area contributed by atoms with Gasteiger partial charge in [-0.05, 0) is 42.8 Å². The van der Waals surface area contributed by atoms with Crippen LogP contribution >= 0.6 is 11.6 Å². The standard InChI is InChI=1S/C13H10ClFN4/c1-8-4-12-16-7-17-19(12)13(5-8)18-9-2-3-11(15)10(14)6-9/h2-7,18H,1H3. The first-order valence-electron chi connectivity index (χ1n) is 5.66. The fourth-order valence-corrected chi connectivity index (χ4v) is 2.05. The lowest BCUT2D eigenvalue weighted by Gasteiger charge is -2.09. The average molecular weight is 277 g/mol. The first-order valence-corrected chi connectivity index (χ1v) is 6.04. The summed E-state index contributed by atoms with van der Waals surface area (Å²) in [5.41, 5.74) is 2.49. The molecule has 2 heterocycles. The van der Waals surface area contributed by atoms with Crippen LogP contribution in [0.4, 0.5) is 15.9 Å². The Balaban J connectivity index is 2.04. The molecule has 1 aromatic carbocycles. The molecule has 0 fully saturated rings. The summed E-state index contributed by atoms with van der Waals surface area (Å²) in [6, 6.07) is 8.32. The van der Waals surface area contributed by atoms with Crippen LogP contribution in [0.3, 0.4) is 0 Å². The Morgan fingerprint density at radius 3 is 2.89 bits per heavy atom. The number of hydrogen-bond acceptors (Lipinski definition) is 3. The van der Waals surface area contributed by atoms with E-state index in [4.69, 9.17) is 11.6 Å². The summed E-state index contributed by atoms with van der Waals surface area (Å²) in [6.45, 7) is 1.97. The molecule has 0 aliphatic carbocycles. The minimum atomic E-state index is -0.442. The molecule has 0 saturated heterocycles. The Morgan fingerprint density at radius 1 is 1.26 bits per heavy atom. The quantitative estimate of drug-likeness (QED) is 0.778. The van der Waals surface area contributed by atoms with E-state index < -0.39 is 5.82 Å². The van der Waals surface area contributed by atoms with Crippen molar-refractivity contribution in [3.63, 3.8) is 0 Å². The molecule has 0 bridgehead atoms. The van der Waals surface area contributed by atoms with E-state index in [0.29, 0.717) is 5.69 Å². The second-order valence-corrected chi connectivity index (χ2v) is 4.61. The van der Waals surface area contributed by atoms with Gasteiger partial charge in [0.1, 0.15) is 18.0 Å². The second kappa shape index (κ2) is 4.51. The van der Waals surface area contributed by atoms with E-state index in [1.807, 2.05) is 19.1 Å². The smallest absolute Gasteiger partial charge is 0.157 e. The van der Waals surface area contributed by atoms with E-state index in [1.165, 1.54) is 18.5 Å². The van der Waals surface area contributed by atoms with Crippen LogP contribution in [0.15, 0.2) is 36.7 Å². The van der Waals surface area contributed by atoms with E-state index in [-0.39, 0.29) is 5.02 Å². The highest BCUT2D eigenvalue weighted by atomic mass is 35.5. The third-order valence-electron chi connectivity index (χ3n) is 2.72. The van der Waals surface area contributed by atoms with Gasteiger partial charge in [0.2, 0.25) is 0 Å². The third-order valence-corrected chi connectivity index (χ3v) is 3.01. The van der Waals surface area contributed by atoms with Crippen LogP contribution in [0.1, 0.15) is 5.56 Å². The Kier molecular flexibility index (Phi) is 2.83. The number of nitrogens with zero attached hydrogens (tertiary/aromatic N) is 3. The molecule has 0 amide bonds. The van der Waals surface area contributed by atoms with Gasteiger partial charge in [0.15, 0.2) is 5.65 Å². The average Bonchev–Trinajstić information content (AvgIpc) is 2.82. The van der Waals surface area contributed by atoms with E-state index in [2.05, 4.69) is 15.4 Å². The third kappa shape index (κ3) is 2.24. The number of halogens is 2. The van der Waals surface area contributed by atoms with Gasteiger partial charge in [0, 0.05) is 5.69 Å². The van der Waals surface area contributed by atoms with Gasteiger partial charge in [-0.25, -0.2) is 9.37 Å². The molecule has 19 heavy (non-hydrogen) atoms. The number of rotatable bonds is 2. The van der Waals surface area contributed by atoms with Crippen molar-refractivity contribution in [2.24, 2.45) is 0 Å². The van der Waals surface area contributed by atoms with Gasteiger partial charge in [0.05, 0.1) is 5.02 Å². The number of fused-ring (bicyclic) bond motifs is 1. The molecule has 0 unspecified atom stereocenters. The monoisotopic (exact) mass is 276 g/mol. The first kappa shape index (κ1) is 11.9. The Hall–Kier alpha value is -2.14. The number of nitrogens with one attached hydrogen (secondary N) is 1. The zero-order valence-corrected chi connectivity index (χ0v) is 10.8. The maximum Gasteiger partial charge on any atom is 0.157 e. The van der Waals surface area contributed by atoms with E-state index in [1.54, 1.807) is 10.6 Å². The van der Waals surface area contributed by atoms with Gasteiger partial charge in [-0.1, -0.05) is 11.6 Å². The van der Waals surface area contributed by atoms with Gasteiger partial charge in [-0.15, -0.1) is 0 Å². The van der Waals surface area contributed by atoms with E-state index >= 15 is 0 Å². The van der Waals surface area contributed by atoms with Crippen molar-refractivity contribution in [1.82, 2.24) is 14.6 Å². The molecule has 4 nitrogen and oxygen atoms in total. The zero-order valence-electron chi connectivity index (χ0n) is 10.1. The Morgan fingerprint density at radius 2 is 2.11 bits per heavy atom. The van der Waals surface area contributed by atoms with Crippen molar-refractivity contribution in [2.45, 2.75) is 6.92 Å². The molecule has 6 heteroatoms. The molecule has 0 aliphatic heterocycles. The van der Waals surface area contributed by atoms with Gasteiger partial charge in [-0.2, -0.15) is 9.61 Å². The highest BCUT2D eigenvalue weighted by Gasteiger charge is 2.06. The summed E-state index contributed by atoms with van der Waals surface area (Å²) < 4.78 is 14.8. The number of anilines is 2. The summed E-state index contributed by atoms with van der Waals surface area (Å²) >= 11 is 5.76. The molecule has 1 N–H and O–H groups in total. The molecule has 0 spiro atoms. The van der Waals surface area contributed by atoms with Gasteiger partial charge >= 0.3 is 0 Å². The van der Waals surface area contributed by atoms with Gasteiger partial charge < -0.3 is 5.32 Å². The summed E-state index contributed by atoms with van der Waals surface area (Å²) in [5, 5.41) is 7.36. The normalized spacial score (nSPS) is 10.9. The SMILES string of the molecule is Cc1cc(Nc2ccc(F)c(Cl)c2)n2ncnc2c1. The maximum absolute atomic E-state index is 13.1. The highest BCUT2D eigenvalue weighted by molar-refractivity contribution is 6.31. The van der Waals surface area contributed by atoms with Crippen LogP contribution in [0.2, 0.25) is 5.02 Å². The number of aryl methyl sites for hydroxylation is 1. The Bertz CT molecular complexity index is 753. The molecule has 0 atom stereocenters. The van der Waals surface area contributed by atoms with Crippen molar-refractivity contribution < 1.29 is 4.39 Å².